The van der Waals surface area contributed by atoms with E-state index in [4.69, 9.17) is 23.2 Å². The van der Waals surface area contributed by atoms with Crippen molar-refractivity contribution in [1.82, 2.24) is 0 Å². The highest BCUT2D eigenvalue weighted by molar-refractivity contribution is 9.10. The fourth-order valence-corrected chi connectivity index (χ4v) is 2.44. The highest BCUT2D eigenvalue weighted by Gasteiger charge is 2.13. The van der Waals surface area contributed by atoms with Gasteiger partial charge in [0.2, 0.25) is 0 Å². The minimum atomic E-state index is -0.485. The van der Waals surface area contributed by atoms with Crippen molar-refractivity contribution in [3.05, 3.63) is 62.3 Å². The first-order valence-electron chi connectivity index (χ1n) is 5.78. The van der Waals surface area contributed by atoms with Crippen LogP contribution in [0.5, 0.6) is 0 Å². The number of halogens is 4. The van der Waals surface area contributed by atoms with Crippen LogP contribution in [0.4, 0.5) is 10.1 Å². The van der Waals surface area contributed by atoms with Crippen LogP contribution in [-0.4, -0.2) is 11.7 Å². The molecule has 0 radical (unpaired) electrons. The molecule has 0 bridgehead atoms. The van der Waals surface area contributed by atoms with Gasteiger partial charge in [-0.1, -0.05) is 29.3 Å². The average molecular weight is 379 g/mol. The fraction of sp³-hybridized carbons (Fsp3) is 0.143. The second kappa shape index (κ2) is 6.76. The lowest BCUT2D eigenvalue weighted by Crippen LogP contribution is -2.15. The van der Waals surface area contributed by atoms with Gasteiger partial charge in [0, 0.05) is 10.2 Å². The maximum atomic E-state index is 13.2. The number of anilines is 1. The van der Waals surface area contributed by atoms with Crippen molar-refractivity contribution in [3.63, 3.8) is 0 Å². The summed E-state index contributed by atoms with van der Waals surface area (Å²) in [6.07, 6.45) is 0. The van der Waals surface area contributed by atoms with E-state index >= 15 is 0 Å². The van der Waals surface area contributed by atoms with E-state index in [2.05, 4.69) is 21.2 Å². The van der Waals surface area contributed by atoms with Crippen LogP contribution in [0, 0.1) is 5.82 Å². The van der Waals surface area contributed by atoms with E-state index in [0.717, 1.165) is 10.2 Å². The molecule has 0 aliphatic heterocycles. The van der Waals surface area contributed by atoms with E-state index in [1.165, 1.54) is 12.1 Å². The maximum absolute atomic E-state index is 13.2. The number of hydrogen-bond donors (Lipinski definition) is 2. The van der Waals surface area contributed by atoms with Crippen LogP contribution < -0.4 is 5.32 Å². The van der Waals surface area contributed by atoms with E-state index in [1.54, 1.807) is 24.3 Å². The maximum Gasteiger partial charge on any atom is 0.141 e. The van der Waals surface area contributed by atoms with Crippen molar-refractivity contribution in [3.8, 4) is 0 Å². The van der Waals surface area contributed by atoms with Crippen LogP contribution in [0.25, 0.3) is 0 Å². The van der Waals surface area contributed by atoms with E-state index in [0.29, 0.717) is 10.6 Å². The molecule has 0 aliphatic carbocycles. The third-order valence-corrected chi connectivity index (χ3v) is 4.29. The van der Waals surface area contributed by atoms with E-state index in [-0.39, 0.29) is 17.7 Å². The van der Waals surface area contributed by atoms with Crippen molar-refractivity contribution < 1.29 is 9.50 Å². The van der Waals surface area contributed by atoms with Crippen LogP contribution in [0.1, 0.15) is 11.6 Å². The van der Waals surface area contributed by atoms with Crippen molar-refractivity contribution in [2.24, 2.45) is 0 Å². The molecule has 0 amide bonds. The molecule has 0 aliphatic rings. The van der Waals surface area contributed by atoms with Gasteiger partial charge >= 0.3 is 0 Å². The molecule has 0 spiro atoms. The summed E-state index contributed by atoms with van der Waals surface area (Å²) in [5, 5.41) is 13.3. The summed E-state index contributed by atoms with van der Waals surface area (Å²) < 4.78 is 13.9. The van der Waals surface area contributed by atoms with Gasteiger partial charge in [0.05, 0.1) is 22.7 Å². The van der Waals surface area contributed by atoms with Crippen LogP contribution in [-0.2, 0) is 0 Å². The lowest BCUT2D eigenvalue weighted by atomic mass is 10.1. The molecule has 2 aromatic rings. The molecule has 2 nitrogen and oxygen atoms in total. The van der Waals surface area contributed by atoms with E-state index in [9.17, 15) is 9.50 Å². The quantitative estimate of drug-likeness (QED) is 0.780. The third kappa shape index (κ3) is 3.64. The number of benzene rings is 2. The Morgan fingerprint density at radius 2 is 1.90 bits per heavy atom. The Kier molecular flexibility index (Phi) is 5.27. The lowest BCUT2D eigenvalue weighted by Gasteiger charge is -2.19. The summed E-state index contributed by atoms with van der Waals surface area (Å²) in [6.45, 7) is -0.151. The molecule has 0 heterocycles. The predicted octanol–water partition coefficient (Wildman–Crippen LogP) is 5.04. The van der Waals surface area contributed by atoms with Gasteiger partial charge in [0.25, 0.3) is 0 Å². The van der Waals surface area contributed by atoms with Gasteiger partial charge in [-0.05, 0) is 51.8 Å². The van der Waals surface area contributed by atoms with Gasteiger partial charge in [0.15, 0.2) is 0 Å². The lowest BCUT2D eigenvalue weighted by molar-refractivity contribution is 0.276. The van der Waals surface area contributed by atoms with Crippen LogP contribution in [0.15, 0.2) is 40.9 Å². The van der Waals surface area contributed by atoms with E-state index in [1.807, 2.05) is 0 Å². The number of aliphatic hydroxyl groups excluding tert-OH is 1. The Balaban J connectivity index is 2.23. The molecule has 2 N–H and O–H groups in total. The normalized spacial score (nSPS) is 12.2. The topological polar surface area (TPSA) is 32.3 Å². The molecular weight excluding hydrogens is 368 g/mol. The molecule has 0 saturated carbocycles. The molecule has 0 fully saturated rings. The van der Waals surface area contributed by atoms with Gasteiger partial charge in [-0.2, -0.15) is 0 Å². The fourth-order valence-electron chi connectivity index (χ4n) is 1.75. The summed E-state index contributed by atoms with van der Waals surface area (Å²) in [5.41, 5.74) is 1.48. The predicted molar refractivity (Wildman–Crippen MR) is 84.0 cm³/mol. The number of hydrogen-bond acceptors (Lipinski definition) is 2. The largest absolute Gasteiger partial charge is 0.394 e. The Hall–Kier alpha value is -0.810. The molecule has 1 unspecified atom stereocenters. The number of aliphatic hydroxyl groups is 1. The minimum Gasteiger partial charge on any atom is -0.394 e. The molecule has 2 aromatic carbocycles. The Bertz CT molecular complexity index is 624. The van der Waals surface area contributed by atoms with Crippen LogP contribution >= 0.6 is 39.1 Å². The van der Waals surface area contributed by atoms with Gasteiger partial charge in [-0.25, -0.2) is 4.39 Å². The highest BCUT2D eigenvalue weighted by atomic mass is 79.9. The molecule has 2 rings (SSSR count). The Labute approximate surface area is 134 Å². The Morgan fingerprint density at radius 3 is 2.50 bits per heavy atom. The summed E-state index contributed by atoms with van der Waals surface area (Å²) in [6, 6.07) is 9.30. The van der Waals surface area contributed by atoms with Crippen LogP contribution in [0.3, 0.4) is 0 Å². The number of nitrogens with one attached hydrogen (secondary N) is 1. The molecule has 1 atom stereocenters. The van der Waals surface area contributed by atoms with Crippen LogP contribution in [0.2, 0.25) is 10.0 Å². The van der Waals surface area contributed by atoms with E-state index < -0.39 is 5.82 Å². The van der Waals surface area contributed by atoms with Crippen molar-refractivity contribution in [1.29, 1.82) is 0 Å². The van der Waals surface area contributed by atoms with Gasteiger partial charge in [-0.3, -0.25) is 0 Å². The second-order valence-electron chi connectivity index (χ2n) is 4.18. The average Bonchev–Trinajstić information content (AvgIpc) is 2.43. The monoisotopic (exact) mass is 377 g/mol. The van der Waals surface area contributed by atoms with Gasteiger partial charge in [-0.15, -0.1) is 0 Å². The zero-order valence-electron chi connectivity index (χ0n) is 10.2. The standard InChI is InChI=1S/C14H11BrCl2FNO/c15-10-6-9(2-3-11(10)16)19-14(7-20)8-1-4-13(18)12(17)5-8/h1-6,14,19-20H,7H2. The van der Waals surface area contributed by atoms with Gasteiger partial charge in [0.1, 0.15) is 5.82 Å². The summed E-state index contributed by atoms with van der Waals surface area (Å²) >= 11 is 15.0. The zero-order valence-corrected chi connectivity index (χ0v) is 13.3. The third-order valence-electron chi connectivity index (χ3n) is 2.79. The van der Waals surface area contributed by atoms with Crippen molar-refractivity contribution >= 4 is 44.8 Å². The summed E-state index contributed by atoms with van der Waals surface area (Å²) in [4.78, 5) is 0. The number of rotatable bonds is 4. The SMILES string of the molecule is OCC(Nc1ccc(Cl)c(Br)c1)c1ccc(F)c(Cl)c1. The van der Waals surface area contributed by atoms with Gasteiger partial charge < -0.3 is 10.4 Å². The zero-order chi connectivity index (χ0) is 14.7. The molecule has 0 saturated heterocycles. The molecule has 0 aromatic heterocycles. The smallest absolute Gasteiger partial charge is 0.141 e. The molecule has 20 heavy (non-hydrogen) atoms. The molecule has 6 heteroatoms. The van der Waals surface area contributed by atoms with Crippen molar-refractivity contribution in [2.45, 2.75) is 6.04 Å². The second-order valence-corrected chi connectivity index (χ2v) is 5.85. The summed E-state index contributed by atoms with van der Waals surface area (Å²) in [5.74, 6) is -0.485. The first-order chi connectivity index (χ1) is 9.51. The molecular formula is C14H11BrCl2FNO. The summed E-state index contributed by atoms with van der Waals surface area (Å²) in [7, 11) is 0. The Morgan fingerprint density at radius 1 is 1.15 bits per heavy atom. The first kappa shape index (κ1) is 15.6. The minimum absolute atomic E-state index is 0.0278. The first-order valence-corrected chi connectivity index (χ1v) is 7.33. The highest BCUT2D eigenvalue weighted by Crippen LogP contribution is 2.28. The van der Waals surface area contributed by atoms with Crippen molar-refractivity contribution in [2.75, 3.05) is 11.9 Å². The molecule has 106 valence electrons.